The number of halogens is 1. The van der Waals surface area contributed by atoms with Gasteiger partial charge in [0.25, 0.3) is 0 Å². The molecule has 2 rings (SSSR count). The van der Waals surface area contributed by atoms with E-state index in [1.54, 1.807) is 0 Å². The van der Waals surface area contributed by atoms with Gasteiger partial charge in [0, 0.05) is 6.54 Å². The first kappa shape index (κ1) is 18.4. The molecule has 1 aromatic rings. The van der Waals surface area contributed by atoms with E-state index in [-0.39, 0.29) is 0 Å². The molecule has 0 saturated carbocycles. The second-order valence-corrected chi connectivity index (χ2v) is 6.42. The van der Waals surface area contributed by atoms with E-state index in [0.717, 1.165) is 49.8 Å². The molecule has 1 heterocycles. The Balaban J connectivity index is 1.95. The van der Waals surface area contributed by atoms with Crippen molar-refractivity contribution in [1.82, 2.24) is 10.6 Å². The Labute approximate surface area is 144 Å². The zero-order valence-electron chi connectivity index (χ0n) is 14.3. The van der Waals surface area contributed by atoms with Crippen LogP contribution < -0.4 is 20.1 Å². The van der Waals surface area contributed by atoms with Crippen LogP contribution in [0.5, 0.6) is 11.5 Å². The molecule has 4 nitrogen and oxygen atoms in total. The van der Waals surface area contributed by atoms with Crippen molar-refractivity contribution in [3.8, 4) is 11.5 Å². The van der Waals surface area contributed by atoms with Gasteiger partial charge in [0.15, 0.2) is 11.5 Å². The molecular weight excluding hydrogens is 312 g/mol. The molecule has 0 unspecified atom stereocenters. The molecule has 130 valence electrons. The Morgan fingerprint density at radius 1 is 1.22 bits per heavy atom. The van der Waals surface area contributed by atoms with Gasteiger partial charge in [-0.2, -0.15) is 0 Å². The first-order chi connectivity index (χ1) is 11.2. The van der Waals surface area contributed by atoms with E-state index in [2.05, 4.69) is 17.6 Å². The van der Waals surface area contributed by atoms with Crippen molar-refractivity contribution in [2.24, 2.45) is 5.92 Å². The van der Waals surface area contributed by atoms with Crippen LogP contribution in [0.15, 0.2) is 12.1 Å². The van der Waals surface area contributed by atoms with Crippen molar-refractivity contribution in [3.63, 3.8) is 0 Å². The summed E-state index contributed by atoms with van der Waals surface area (Å²) in [6.45, 7) is 9.42. The Hall–Kier alpha value is -0.970. The highest BCUT2D eigenvalue weighted by Crippen LogP contribution is 2.36. The first-order valence-electron chi connectivity index (χ1n) is 8.74. The van der Waals surface area contributed by atoms with E-state index in [4.69, 9.17) is 21.1 Å². The molecule has 1 aliphatic heterocycles. The Kier molecular flexibility index (Phi) is 8.00. The van der Waals surface area contributed by atoms with Crippen molar-refractivity contribution >= 4 is 11.6 Å². The van der Waals surface area contributed by atoms with E-state index in [0.29, 0.717) is 24.0 Å². The average Bonchev–Trinajstić information content (AvgIpc) is 2.55. The largest absolute Gasteiger partial charge is 0.490 e. The molecule has 23 heavy (non-hydrogen) atoms. The highest BCUT2D eigenvalue weighted by molar-refractivity contribution is 6.32. The highest BCUT2D eigenvalue weighted by Gasteiger charge is 2.14. The van der Waals surface area contributed by atoms with Crippen LogP contribution in [0.2, 0.25) is 5.02 Å². The molecule has 1 aromatic carbocycles. The minimum Gasteiger partial charge on any atom is -0.490 e. The van der Waals surface area contributed by atoms with Crippen LogP contribution in [-0.2, 0) is 6.54 Å². The third-order valence-corrected chi connectivity index (χ3v) is 4.32. The van der Waals surface area contributed by atoms with Crippen LogP contribution in [0.3, 0.4) is 0 Å². The smallest absolute Gasteiger partial charge is 0.179 e. The molecule has 0 aliphatic carbocycles. The molecule has 2 N–H and O–H groups in total. The first-order valence-corrected chi connectivity index (χ1v) is 9.11. The number of ether oxygens (including phenoxy) is 2. The maximum Gasteiger partial charge on any atom is 0.179 e. The molecule has 1 aliphatic rings. The minimum atomic E-state index is 0.602. The number of nitrogens with one attached hydrogen (secondary N) is 2. The van der Waals surface area contributed by atoms with E-state index in [1.165, 1.54) is 12.8 Å². The molecule has 0 amide bonds. The summed E-state index contributed by atoms with van der Waals surface area (Å²) in [5.41, 5.74) is 1.14. The fraction of sp³-hybridized carbons (Fsp3) is 0.667. The molecule has 0 bridgehead atoms. The molecule has 1 saturated heterocycles. The lowest BCUT2D eigenvalue weighted by molar-refractivity contribution is 0.276. The van der Waals surface area contributed by atoms with Gasteiger partial charge >= 0.3 is 0 Å². The van der Waals surface area contributed by atoms with Crippen LogP contribution in [0, 0.1) is 5.92 Å². The normalized spacial score (nSPS) is 15.6. The standard InChI is InChI=1S/C18H29ClN2O2/c1-3-9-23-18-16(19)10-15(11-17(18)22-4-2)13-21-12-14-5-7-20-8-6-14/h10-11,14,20-21H,3-9,12-13H2,1-2H3. The molecular formula is C18H29ClN2O2. The van der Waals surface area contributed by atoms with Crippen LogP contribution in [0.25, 0.3) is 0 Å². The maximum atomic E-state index is 6.39. The van der Waals surface area contributed by atoms with Crippen LogP contribution in [0.4, 0.5) is 0 Å². The van der Waals surface area contributed by atoms with Gasteiger partial charge in [-0.1, -0.05) is 18.5 Å². The molecule has 0 radical (unpaired) electrons. The zero-order chi connectivity index (χ0) is 16.5. The molecule has 1 fully saturated rings. The fourth-order valence-corrected chi connectivity index (χ4v) is 3.12. The lowest BCUT2D eigenvalue weighted by Crippen LogP contribution is -2.33. The number of hydrogen-bond acceptors (Lipinski definition) is 4. The van der Waals surface area contributed by atoms with Gasteiger partial charge in [0.05, 0.1) is 18.2 Å². The quantitative estimate of drug-likeness (QED) is 0.720. The molecule has 0 atom stereocenters. The van der Waals surface area contributed by atoms with Crippen molar-refractivity contribution < 1.29 is 9.47 Å². The van der Waals surface area contributed by atoms with E-state index >= 15 is 0 Å². The van der Waals surface area contributed by atoms with Crippen LogP contribution in [-0.4, -0.2) is 32.8 Å². The number of piperidine rings is 1. The number of rotatable bonds is 9. The summed E-state index contributed by atoms with van der Waals surface area (Å²) >= 11 is 6.39. The maximum absolute atomic E-state index is 6.39. The van der Waals surface area contributed by atoms with Gasteiger partial charge in [-0.15, -0.1) is 0 Å². The third kappa shape index (κ3) is 5.87. The lowest BCUT2D eigenvalue weighted by atomic mass is 9.98. The topological polar surface area (TPSA) is 42.5 Å². The minimum absolute atomic E-state index is 0.602. The van der Waals surface area contributed by atoms with Crippen molar-refractivity contribution in [3.05, 3.63) is 22.7 Å². The van der Waals surface area contributed by atoms with E-state index in [9.17, 15) is 0 Å². The average molecular weight is 341 g/mol. The third-order valence-electron chi connectivity index (χ3n) is 4.04. The van der Waals surface area contributed by atoms with E-state index in [1.807, 2.05) is 19.1 Å². The summed E-state index contributed by atoms with van der Waals surface area (Å²) < 4.78 is 11.4. The zero-order valence-corrected chi connectivity index (χ0v) is 15.0. The predicted octanol–water partition coefficient (Wildman–Crippen LogP) is 3.62. The Morgan fingerprint density at radius 3 is 2.70 bits per heavy atom. The molecule has 0 spiro atoms. The second-order valence-electron chi connectivity index (χ2n) is 6.01. The number of benzene rings is 1. The van der Waals surface area contributed by atoms with Crippen molar-refractivity contribution in [1.29, 1.82) is 0 Å². The predicted molar refractivity (Wildman–Crippen MR) is 95.7 cm³/mol. The molecule has 0 aromatic heterocycles. The fourth-order valence-electron chi connectivity index (χ4n) is 2.84. The highest BCUT2D eigenvalue weighted by atomic mass is 35.5. The second kappa shape index (κ2) is 10.0. The summed E-state index contributed by atoms with van der Waals surface area (Å²) in [7, 11) is 0. The van der Waals surface area contributed by atoms with Gasteiger partial charge in [-0.25, -0.2) is 0 Å². The number of hydrogen-bond donors (Lipinski definition) is 2. The molecule has 5 heteroatoms. The Morgan fingerprint density at radius 2 is 2.00 bits per heavy atom. The van der Waals surface area contributed by atoms with Crippen LogP contribution in [0.1, 0.15) is 38.7 Å². The summed E-state index contributed by atoms with van der Waals surface area (Å²) in [4.78, 5) is 0. The van der Waals surface area contributed by atoms with Crippen LogP contribution >= 0.6 is 11.6 Å². The summed E-state index contributed by atoms with van der Waals surface area (Å²) in [5.74, 6) is 2.18. The summed E-state index contributed by atoms with van der Waals surface area (Å²) in [6, 6.07) is 4.01. The van der Waals surface area contributed by atoms with Gasteiger partial charge in [-0.05, 0) is 69.4 Å². The van der Waals surface area contributed by atoms with E-state index < -0.39 is 0 Å². The van der Waals surface area contributed by atoms with Crippen molar-refractivity contribution in [2.75, 3.05) is 32.8 Å². The SMILES string of the molecule is CCCOc1c(Cl)cc(CNCC2CCNCC2)cc1OCC. The van der Waals surface area contributed by atoms with Gasteiger partial charge < -0.3 is 20.1 Å². The van der Waals surface area contributed by atoms with Gasteiger partial charge in [-0.3, -0.25) is 0 Å². The van der Waals surface area contributed by atoms with Crippen molar-refractivity contribution in [2.45, 2.75) is 39.7 Å². The Bertz CT molecular complexity index is 476. The van der Waals surface area contributed by atoms with Gasteiger partial charge in [0.2, 0.25) is 0 Å². The summed E-state index contributed by atoms with van der Waals surface area (Å²) in [6.07, 6.45) is 3.45. The lowest BCUT2D eigenvalue weighted by Gasteiger charge is -2.23. The monoisotopic (exact) mass is 340 g/mol. The van der Waals surface area contributed by atoms with Gasteiger partial charge in [0.1, 0.15) is 0 Å². The summed E-state index contributed by atoms with van der Waals surface area (Å²) in [5, 5.41) is 7.57.